The number of amides is 1. The summed E-state index contributed by atoms with van der Waals surface area (Å²) in [5.41, 5.74) is 0. The molecule has 2 fully saturated rings. The first-order valence-corrected chi connectivity index (χ1v) is 4.33. The van der Waals surface area contributed by atoms with Crippen LogP contribution >= 0.6 is 0 Å². The predicted molar refractivity (Wildman–Crippen MR) is 42.1 cm³/mol. The molecule has 0 aromatic heterocycles. The lowest BCUT2D eigenvalue weighted by Crippen LogP contribution is -2.28. The molecule has 0 aromatic rings. The van der Waals surface area contributed by atoms with Gasteiger partial charge in [-0.05, 0) is 31.3 Å². The number of carbonyl (C=O) groups excluding carboxylic acids is 1. The quantitative estimate of drug-likeness (QED) is 0.504. The zero-order valence-corrected chi connectivity index (χ0v) is 6.60. The van der Waals surface area contributed by atoms with E-state index in [2.05, 4.69) is 10.6 Å². The summed E-state index contributed by atoms with van der Waals surface area (Å²) in [6, 6.07) is 0. The van der Waals surface area contributed by atoms with Gasteiger partial charge in [0.1, 0.15) is 0 Å². The Morgan fingerprint density at radius 1 is 1.18 bits per heavy atom. The van der Waals surface area contributed by atoms with Crippen LogP contribution in [0.4, 0.5) is 0 Å². The van der Waals surface area contributed by atoms with Crippen LogP contribution in [0.1, 0.15) is 12.8 Å². The van der Waals surface area contributed by atoms with Gasteiger partial charge in [-0.15, -0.1) is 0 Å². The first-order valence-electron chi connectivity index (χ1n) is 4.33. The molecular weight excluding hydrogens is 140 g/mol. The molecule has 2 saturated heterocycles. The van der Waals surface area contributed by atoms with E-state index in [1.165, 1.54) is 0 Å². The molecule has 2 N–H and O–H groups in total. The Kier molecular flexibility index (Phi) is 1.82. The summed E-state index contributed by atoms with van der Waals surface area (Å²) in [5, 5.41) is 6.29. The van der Waals surface area contributed by atoms with Gasteiger partial charge in [0.15, 0.2) is 0 Å². The third-order valence-corrected chi connectivity index (χ3v) is 2.78. The van der Waals surface area contributed by atoms with Crippen molar-refractivity contribution < 1.29 is 4.79 Å². The van der Waals surface area contributed by atoms with Crippen molar-refractivity contribution in [2.24, 2.45) is 11.8 Å². The average Bonchev–Trinajstić information content (AvgIpc) is 2.38. The lowest BCUT2D eigenvalue weighted by Gasteiger charge is -2.12. The fourth-order valence-electron chi connectivity index (χ4n) is 2.01. The van der Waals surface area contributed by atoms with Crippen LogP contribution in [0, 0.1) is 11.8 Å². The number of carbonyl (C=O) groups is 1. The van der Waals surface area contributed by atoms with Crippen LogP contribution in [0.5, 0.6) is 0 Å². The summed E-state index contributed by atoms with van der Waals surface area (Å²) in [6.07, 6.45) is 1.80. The smallest absolute Gasteiger partial charge is 0.220 e. The molecular formula is C8H14N2O. The van der Waals surface area contributed by atoms with Gasteiger partial charge in [-0.25, -0.2) is 0 Å². The zero-order valence-electron chi connectivity index (χ0n) is 6.60. The van der Waals surface area contributed by atoms with E-state index in [9.17, 15) is 4.79 Å². The van der Waals surface area contributed by atoms with Gasteiger partial charge < -0.3 is 10.6 Å². The highest BCUT2D eigenvalue weighted by Gasteiger charge is 2.29. The summed E-state index contributed by atoms with van der Waals surface area (Å²) < 4.78 is 0. The van der Waals surface area contributed by atoms with Crippen molar-refractivity contribution in [3.8, 4) is 0 Å². The third-order valence-electron chi connectivity index (χ3n) is 2.78. The predicted octanol–water partition coefficient (Wildman–Crippen LogP) is -0.268. The van der Waals surface area contributed by atoms with Crippen molar-refractivity contribution in [3.05, 3.63) is 0 Å². The van der Waals surface area contributed by atoms with E-state index in [0.717, 1.165) is 38.4 Å². The van der Waals surface area contributed by atoms with Crippen LogP contribution < -0.4 is 10.6 Å². The molecule has 0 saturated carbocycles. The van der Waals surface area contributed by atoms with E-state index in [4.69, 9.17) is 0 Å². The van der Waals surface area contributed by atoms with Crippen LogP contribution in [-0.2, 0) is 4.79 Å². The monoisotopic (exact) mass is 154 g/mol. The summed E-state index contributed by atoms with van der Waals surface area (Å²) in [4.78, 5) is 11.0. The largest absolute Gasteiger partial charge is 0.356 e. The van der Waals surface area contributed by atoms with Crippen molar-refractivity contribution >= 4 is 5.91 Å². The molecule has 0 radical (unpaired) electrons. The summed E-state index contributed by atoms with van der Waals surface area (Å²) >= 11 is 0. The fraction of sp³-hybridized carbons (Fsp3) is 0.875. The molecule has 1 amide bonds. The van der Waals surface area contributed by atoms with Gasteiger partial charge in [-0.1, -0.05) is 0 Å². The molecule has 3 nitrogen and oxygen atoms in total. The molecule has 62 valence electrons. The van der Waals surface area contributed by atoms with Crippen molar-refractivity contribution in [2.75, 3.05) is 19.6 Å². The Bertz CT molecular complexity index is 153. The number of rotatable bonds is 0. The minimum absolute atomic E-state index is 0.236. The molecule has 11 heavy (non-hydrogen) atoms. The molecule has 2 unspecified atom stereocenters. The van der Waals surface area contributed by atoms with Crippen molar-refractivity contribution in [2.45, 2.75) is 12.8 Å². The van der Waals surface area contributed by atoms with E-state index < -0.39 is 0 Å². The van der Waals surface area contributed by atoms with Crippen molar-refractivity contribution in [1.82, 2.24) is 10.6 Å². The highest BCUT2D eigenvalue weighted by molar-refractivity contribution is 5.76. The maximum atomic E-state index is 11.0. The average molecular weight is 154 g/mol. The first-order chi connectivity index (χ1) is 5.36. The van der Waals surface area contributed by atoms with Crippen LogP contribution in [0.2, 0.25) is 0 Å². The van der Waals surface area contributed by atoms with Crippen molar-refractivity contribution in [1.29, 1.82) is 0 Å². The number of hydrogen-bond donors (Lipinski definition) is 2. The molecule has 2 atom stereocenters. The molecule has 0 bridgehead atoms. The minimum atomic E-state index is 0.236. The standard InChI is InChI=1S/C8H14N2O/c11-8-2-1-6-3-9-4-7(6)5-10-8/h6-7,9H,1-5H2,(H,10,11). The number of nitrogens with one attached hydrogen (secondary N) is 2. The Morgan fingerprint density at radius 3 is 2.91 bits per heavy atom. The maximum Gasteiger partial charge on any atom is 0.220 e. The Hall–Kier alpha value is -0.570. The molecule has 0 spiro atoms. The van der Waals surface area contributed by atoms with Crippen LogP contribution in [-0.4, -0.2) is 25.5 Å². The fourth-order valence-corrected chi connectivity index (χ4v) is 2.01. The second-order valence-electron chi connectivity index (χ2n) is 3.52. The highest BCUT2D eigenvalue weighted by atomic mass is 16.1. The molecule has 2 rings (SSSR count). The molecule has 0 aromatic carbocycles. The van der Waals surface area contributed by atoms with Gasteiger partial charge in [0.25, 0.3) is 0 Å². The van der Waals surface area contributed by atoms with Gasteiger partial charge >= 0.3 is 0 Å². The van der Waals surface area contributed by atoms with Crippen molar-refractivity contribution in [3.63, 3.8) is 0 Å². The van der Waals surface area contributed by atoms with Gasteiger partial charge in [0.2, 0.25) is 5.91 Å². The van der Waals surface area contributed by atoms with Gasteiger partial charge in [0.05, 0.1) is 0 Å². The lowest BCUT2D eigenvalue weighted by molar-refractivity contribution is -0.120. The van der Waals surface area contributed by atoms with Gasteiger partial charge in [0, 0.05) is 13.0 Å². The van der Waals surface area contributed by atoms with E-state index >= 15 is 0 Å². The normalized spacial score (nSPS) is 37.6. The second kappa shape index (κ2) is 2.81. The molecule has 2 aliphatic heterocycles. The van der Waals surface area contributed by atoms with E-state index in [0.29, 0.717) is 5.92 Å². The summed E-state index contributed by atoms with van der Waals surface area (Å²) in [5.74, 6) is 1.68. The zero-order chi connectivity index (χ0) is 7.68. The molecule has 0 aliphatic carbocycles. The number of fused-ring (bicyclic) bond motifs is 1. The second-order valence-corrected chi connectivity index (χ2v) is 3.52. The molecule has 2 heterocycles. The lowest BCUT2D eigenvalue weighted by atomic mass is 9.93. The van der Waals surface area contributed by atoms with E-state index in [1.807, 2.05) is 0 Å². The van der Waals surface area contributed by atoms with Crippen LogP contribution in [0.3, 0.4) is 0 Å². The van der Waals surface area contributed by atoms with Gasteiger partial charge in [-0.2, -0.15) is 0 Å². The minimum Gasteiger partial charge on any atom is -0.356 e. The summed E-state index contributed by atoms with van der Waals surface area (Å²) in [7, 11) is 0. The van der Waals surface area contributed by atoms with Gasteiger partial charge in [-0.3, -0.25) is 4.79 Å². The summed E-state index contributed by atoms with van der Waals surface area (Å²) in [6.45, 7) is 3.08. The first kappa shape index (κ1) is 7.10. The van der Waals surface area contributed by atoms with Crippen LogP contribution in [0.25, 0.3) is 0 Å². The van der Waals surface area contributed by atoms with Crippen LogP contribution in [0.15, 0.2) is 0 Å². The Labute approximate surface area is 66.5 Å². The number of hydrogen-bond acceptors (Lipinski definition) is 2. The Balaban J connectivity index is 2.00. The molecule has 3 heteroatoms. The SMILES string of the molecule is O=C1CCC2CNCC2CN1. The highest BCUT2D eigenvalue weighted by Crippen LogP contribution is 2.23. The topological polar surface area (TPSA) is 41.1 Å². The van der Waals surface area contributed by atoms with E-state index in [-0.39, 0.29) is 5.91 Å². The van der Waals surface area contributed by atoms with E-state index in [1.54, 1.807) is 0 Å². The maximum absolute atomic E-state index is 11.0. The Morgan fingerprint density at radius 2 is 2.00 bits per heavy atom. The third kappa shape index (κ3) is 1.38. The molecule has 2 aliphatic rings.